The van der Waals surface area contributed by atoms with Gasteiger partial charge in [0.15, 0.2) is 0 Å². The van der Waals surface area contributed by atoms with E-state index < -0.39 is 0 Å². The maximum atomic E-state index is 14.0. The van der Waals surface area contributed by atoms with Crippen molar-refractivity contribution in [2.75, 3.05) is 19.8 Å². The van der Waals surface area contributed by atoms with E-state index in [-0.39, 0.29) is 18.4 Å². The van der Waals surface area contributed by atoms with Crippen LogP contribution >= 0.6 is 0 Å². The molecule has 26 heavy (non-hydrogen) atoms. The number of carbonyl (C=O) groups excluding carboxylic acids is 1. The van der Waals surface area contributed by atoms with Gasteiger partial charge in [-0.2, -0.15) is 0 Å². The number of fused-ring (bicyclic) bond motifs is 1. The summed E-state index contributed by atoms with van der Waals surface area (Å²) in [5.74, 6) is 0.964. The predicted molar refractivity (Wildman–Crippen MR) is 96.8 cm³/mol. The van der Waals surface area contributed by atoms with Crippen molar-refractivity contribution in [2.24, 2.45) is 0 Å². The molecule has 0 radical (unpaired) electrons. The molecule has 2 aromatic rings. The van der Waals surface area contributed by atoms with Crippen LogP contribution in [0, 0.1) is 5.82 Å². The quantitative estimate of drug-likeness (QED) is 0.886. The van der Waals surface area contributed by atoms with Gasteiger partial charge in [-0.15, -0.1) is 0 Å². The Bertz CT molecular complexity index is 749. The van der Waals surface area contributed by atoms with E-state index >= 15 is 0 Å². The van der Waals surface area contributed by atoms with Gasteiger partial charge in [-0.1, -0.05) is 25.1 Å². The molecule has 0 saturated heterocycles. The number of rotatable bonds is 5. The van der Waals surface area contributed by atoms with Crippen molar-refractivity contribution in [3.8, 4) is 11.5 Å². The highest BCUT2D eigenvalue weighted by molar-refractivity contribution is 5.74. The molecule has 1 aliphatic rings. The largest absolute Gasteiger partial charge is 0.494 e. The summed E-state index contributed by atoms with van der Waals surface area (Å²) in [5.41, 5.74) is 1.39. The number of carbonyl (C=O) groups is 1. The van der Waals surface area contributed by atoms with Crippen LogP contribution in [0.3, 0.4) is 0 Å². The lowest BCUT2D eigenvalue weighted by atomic mass is 10.2. The first kappa shape index (κ1) is 18.0. The summed E-state index contributed by atoms with van der Waals surface area (Å²) in [7, 11) is 0. The highest BCUT2D eigenvalue weighted by Crippen LogP contribution is 2.25. The molecule has 6 heteroatoms. The van der Waals surface area contributed by atoms with Crippen LogP contribution in [0.1, 0.15) is 24.5 Å². The van der Waals surface area contributed by atoms with Crippen molar-refractivity contribution in [1.82, 2.24) is 10.2 Å². The molecule has 138 valence electrons. The molecule has 0 aromatic heterocycles. The normalized spacial score (nSPS) is 13.4. The van der Waals surface area contributed by atoms with Crippen molar-refractivity contribution >= 4 is 6.03 Å². The predicted octanol–water partition coefficient (Wildman–Crippen LogP) is 3.72. The smallest absolute Gasteiger partial charge is 0.318 e. The average Bonchev–Trinajstić information content (AvgIpc) is 2.89. The number of hydrogen-bond donors (Lipinski definition) is 1. The van der Waals surface area contributed by atoms with E-state index in [4.69, 9.17) is 9.47 Å². The zero-order valence-electron chi connectivity index (χ0n) is 14.8. The van der Waals surface area contributed by atoms with Crippen LogP contribution in [0.25, 0.3) is 0 Å². The Morgan fingerprint density at radius 3 is 2.85 bits per heavy atom. The lowest BCUT2D eigenvalue weighted by molar-refractivity contribution is 0.187. The van der Waals surface area contributed by atoms with E-state index in [0.29, 0.717) is 37.6 Å². The molecule has 5 nitrogen and oxygen atoms in total. The monoisotopic (exact) mass is 358 g/mol. The second-order valence-electron chi connectivity index (χ2n) is 6.14. The third kappa shape index (κ3) is 4.45. The van der Waals surface area contributed by atoms with E-state index in [9.17, 15) is 9.18 Å². The second kappa shape index (κ2) is 8.56. The minimum Gasteiger partial charge on any atom is -0.494 e. The first-order chi connectivity index (χ1) is 12.7. The lowest BCUT2D eigenvalue weighted by Gasteiger charge is -2.20. The Kier molecular flexibility index (Phi) is 5.94. The molecule has 3 rings (SSSR count). The molecule has 1 heterocycles. The molecular weight excluding hydrogens is 335 g/mol. The van der Waals surface area contributed by atoms with Crippen molar-refractivity contribution in [3.63, 3.8) is 0 Å². The van der Waals surface area contributed by atoms with E-state index in [1.54, 1.807) is 17.0 Å². The van der Waals surface area contributed by atoms with Crippen molar-refractivity contribution in [3.05, 3.63) is 59.4 Å². The molecule has 0 spiro atoms. The van der Waals surface area contributed by atoms with Crippen molar-refractivity contribution in [2.45, 2.75) is 26.4 Å². The maximum absolute atomic E-state index is 14.0. The summed E-state index contributed by atoms with van der Waals surface area (Å²) in [6, 6.07) is 12.1. The highest BCUT2D eigenvalue weighted by atomic mass is 19.1. The Morgan fingerprint density at radius 2 is 2.08 bits per heavy atom. The van der Waals surface area contributed by atoms with Gasteiger partial charge < -0.3 is 19.7 Å². The summed E-state index contributed by atoms with van der Waals surface area (Å²) < 4.78 is 25.1. The van der Waals surface area contributed by atoms with E-state index in [0.717, 1.165) is 17.7 Å². The summed E-state index contributed by atoms with van der Waals surface area (Å²) >= 11 is 0. The molecule has 2 amide bonds. The average molecular weight is 358 g/mol. The van der Waals surface area contributed by atoms with Crippen LogP contribution in [0.5, 0.6) is 11.5 Å². The molecule has 0 unspecified atom stereocenters. The number of halogens is 1. The van der Waals surface area contributed by atoms with Gasteiger partial charge in [0.25, 0.3) is 0 Å². The molecular formula is C20H23FN2O3. The maximum Gasteiger partial charge on any atom is 0.318 e. The number of benzene rings is 2. The molecule has 1 N–H and O–H groups in total. The fraction of sp³-hybridized carbons (Fsp3) is 0.350. The standard InChI is InChI=1S/C20H23FN2O3/c1-2-11-25-16-8-6-15(7-9-16)13-22-20(24)23-10-12-26-19-5-3-4-18(21)17(19)14-23/h3-9H,2,10-14H2,1H3,(H,22,24). The van der Waals surface area contributed by atoms with E-state index in [1.165, 1.54) is 6.07 Å². The molecule has 0 fully saturated rings. The van der Waals surface area contributed by atoms with Crippen molar-refractivity contribution < 1.29 is 18.7 Å². The zero-order chi connectivity index (χ0) is 18.4. The molecule has 0 atom stereocenters. The summed E-state index contributed by atoms with van der Waals surface area (Å²) in [5, 5.41) is 2.88. The zero-order valence-corrected chi connectivity index (χ0v) is 14.8. The minimum atomic E-state index is -0.357. The van der Waals surface area contributed by atoms with Crippen LogP contribution in [0.2, 0.25) is 0 Å². The SMILES string of the molecule is CCCOc1ccc(CNC(=O)N2CCOc3cccc(F)c3C2)cc1. The van der Waals surface area contributed by atoms with Crippen molar-refractivity contribution in [1.29, 1.82) is 0 Å². The lowest BCUT2D eigenvalue weighted by Crippen LogP contribution is -2.40. The minimum absolute atomic E-state index is 0.192. The first-order valence-electron chi connectivity index (χ1n) is 8.82. The fourth-order valence-electron chi connectivity index (χ4n) is 2.75. The molecule has 0 saturated carbocycles. The summed E-state index contributed by atoms with van der Waals surface area (Å²) in [6.45, 7) is 4.08. The number of amides is 2. The third-order valence-corrected chi connectivity index (χ3v) is 4.17. The van der Waals surface area contributed by atoms with Gasteiger partial charge in [0.05, 0.1) is 19.7 Å². The van der Waals surface area contributed by atoms with Gasteiger partial charge >= 0.3 is 6.03 Å². The number of urea groups is 1. The van der Waals surface area contributed by atoms with Crippen LogP contribution in [0.4, 0.5) is 9.18 Å². The second-order valence-corrected chi connectivity index (χ2v) is 6.14. The highest BCUT2D eigenvalue weighted by Gasteiger charge is 2.22. The number of nitrogens with zero attached hydrogens (tertiary/aromatic N) is 1. The van der Waals surface area contributed by atoms with Gasteiger partial charge in [-0.25, -0.2) is 9.18 Å². The Hall–Kier alpha value is -2.76. The van der Waals surface area contributed by atoms with Crippen LogP contribution < -0.4 is 14.8 Å². The molecule has 2 aromatic carbocycles. The van der Waals surface area contributed by atoms with E-state index in [1.807, 2.05) is 24.3 Å². The molecule has 0 aliphatic carbocycles. The first-order valence-corrected chi connectivity index (χ1v) is 8.82. The third-order valence-electron chi connectivity index (χ3n) is 4.17. The Balaban J connectivity index is 1.57. The van der Waals surface area contributed by atoms with Gasteiger partial charge in [-0.05, 0) is 36.2 Å². The van der Waals surface area contributed by atoms with E-state index in [2.05, 4.69) is 12.2 Å². The van der Waals surface area contributed by atoms with Crippen LogP contribution in [0.15, 0.2) is 42.5 Å². The molecule has 0 bridgehead atoms. The van der Waals surface area contributed by atoms with Gasteiger partial charge in [0.2, 0.25) is 0 Å². The van der Waals surface area contributed by atoms with Crippen LogP contribution in [-0.4, -0.2) is 30.7 Å². The number of hydrogen-bond acceptors (Lipinski definition) is 3. The van der Waals surface area contributed by atoms with Gasteiger partial charge in [-0.3, -0.25) is 0 Å². The summed E-state index contributed by atoms with van der Waals surface area (Å²) in [6.07, 6.45) is 0.959. The molecule has 1 aliphatic heterocycles. The van der Waals surface area contributed by atoms with Crippen LogP contribution in [-0.2, 0) is 13.1 Å². The number of nitrogens with one attached hydrogen (secondary N) is 1. The fourth-order valence-corrected chi connectivity index (χ4v) is 2.75. The van der Waals surface area contributed by atoms with Gasteiger partial charge in [0, 0.05) is 12.1 Å². The van der Waals surface area contributed by atoms with Gasteiger partial charge in [0.1, 0.15) is 23.9 Å². The topological polar surface area (TPSA) is 50.8 Å². The Labute approximate surface area is 152 Å². The Morgan fingerprint density at radius 1 is 1.27 bits per heavy atom. The number of ether oxygens (including phenoxy) is 2. The summed E-state index contributed by atoms with van der Waals surface area (Å²) in [4.78, 5) is 14.0.